The number of carbonyl (C=O) groups excluding carboxylic acids is 1. The normalized spacial score (nSPS) is 20.9. The van der Waals surface area contributed by atoms with E-state index in [2.05, 4.69) is 12.2 Å². The Labute approximate surface area is 93.2 Å². The zero-order valence-corrected chi connectivity index (χ0v) is 10.1. The Morgan fingerprint density at radius 2 is 2.07 bits per heavy atom. The minimum Gasteiger partial charge on any atom is -0.343 e. The fourth-order valence-corrected chi connectivity index (χ4v) is 1.95. The molecule has 0 aromatic rings. The van der Waals surface area contributed by atoms with Crippen LogP contribution in [-0.2, 0) is 4.79 Å². The van der Waals surface area contributed by atoms with Gasteiger partial charge in [-0.25, -0.2) is 0 Å². The third-order valence-electron chi connectivity index (χ3n) is 3.25. The van der Waals surface area contributed by atoms with Gasteiger partial charge in [0.15, 0.2) is 0 Å². The number of hydrogen-bond acceptors (Lipinski definition) is 2. The van der Waals surface area contributed by atoms with E-state index in [-0.39, 0.29) is 0 Å². The summed E-state index contributed by atoms with van der Waals surface area (Å²) >= 11 is 0. The fourth-order valence-electron chi connectivity index (χ4n) is 1.95. The summed E-state index contributed by atoms with van der Waals surface area (Å²) in [4.78, 5) is 13.8. The Kier molecular flexibility index (Phi) is 5.69. The molecule has 1 unspecified atom stereocenters. The molecule has 0 bridgehead atoms. The molecule has 1 atom stereocenters. The Balaban J connectivity index is 2.32. The first-order chi connectivity index (χ1) is 7.24. The highest BCUT2D eigenvalue weighted by Crippen LogP contribution is 2.12. The standard InChI is InChI=1S/C12H24N2O/c1-11(13-2)8-10-14-9-6-4-3-5-7-12(14)15/h11,13H,3-10H2,1-2H3. The first kappa shape index (κ1) is 12.5. The molecule has 0 spiro atoms. The summed E-state index contributed by atoms with van der Waals surface area (Å²) in [6.45, 7) is 4.05. The minimum atomic E-state index is 0.359. The van der Waals surface area contributed by atoms with E-state index in [0.29, 0.717) is 11.9 Å². The molecule has 1 aliphatic rings. The van der Waals surface area contributed by atoms with Crippen molar-refractivity contribution in [1.82, 2.24) is 10.2 Å². The lowest BCUT2D eigenvalue weighted by molar-refractivity contribution is -0.131. The number of nitrogens with zero attached hydrogens (tertiary/aromatic N) is 1. The molecule has 3 nitrogen and oxygen atoms in total. The summed E-state index contributed by atoms with van der Waals surface area (Å²) in [5.74, 6) is 0.359. The monoisotopic (exact) mass is 212 g/mol. The van der Waals surface area contributed by atoms with Gasteiger partial charge < -0.3 is 10.2 Å². The van der Waals surface area contributed by atoms with Crippen LogP contribution in [0.3, 0.4) is 0 Å². The van der Waals surface area contributed by atoms with E-state index < -0.39 is 0 Å². The highest BCUT2D eigenvalue weighted by molar-refractivity contribution is 5.76. The maximum Gasteiger partial charge on any atom is 0.222 e. The molecule has 88 valence electrons. The van der Waals surface area contributed by atoms with E-state index in [4.69, 9.17) is 0 Å². The molecule has 1 amide bonds. The van der Waals surface area contributed by atoms with Crippen molar-refractivity contribution < 1.29 is 4.79 Å². The molecular weight excluding hydrogens is 188 g/mol. The lowest BCUT2D eigenvalue weighted by Crippen LogP contribution is -2.36. The van der Waals surface area contributed by atoms with Gasteiger partial charge in [-0.05, 0) is 33.2 Å². The molecule has 1 saturated heterocycles. The summed E-state index contributed by atoms with van der Waals surface area (Å²) in [7, 11) is 1.97. The number of likely N-dealkylation sites (tertiary alicyclic amines) is 1. The molecular formula is C12H24N2O. The van der Waals surface area contributed by atoms with Gasteiger partial charge in [0.2, 0.25) is 5.91 Å². The third-order valence-corrected chi connectivity index (χ3v) is 3.25. The molecule has 0 radical (unpaired) electrons. The van der Waals surface area contributed by atoms with E-state index >= 15 is 0 Å². The molecule has 1 fully saturated rings. The Morgan fingerprint density at radius 3 is 2.80 bits per heavy atom. The maximum absolute atomic E-state index is 11.8. The van der Waals surface area contributed by atoms with Crippen molar-refractivity contribution in [3.63, 3.8) is 0 Å². The molecule has 0 aliphatic carbocycles. The van der Waals surface area contributed by atoms with Crippen LogP contribution in [0.1, 0.15) is 45.4 Å². The lowest BCUT2D eigenvalue weighted by atomic mass is 10.1. The second kappa shape index (κ2) is 6.83. The van der Waals surface area contributed by atoms with Crippen LogP contribution in [0.15, 0.2) is 0 Å². The van der Waals surface area contributed by atoms with Gasteiger partial charge in [-0.15, -0.1) is 0 Å². The second-order valence-electron chi connectivity index (χ2n) is 4.52. The van der Waals surface area contributed by atoms with Gasteiger partial charge in [0, 0.05) is 25.6 Å². The van der Waals surface area contributed by atoms with Crippen LogP contribution < -0.4 is 5.32 Å². The fraction of sp³-hybridized carbons (Fsp3) is 0.917. The van der Waals surface area contributed by atoms with Crippen molar-refractivity contribution in [2.45, 2.75) is 51.5 Å². The van der Waals surface area contributed by atoms with E-state index in [9.17, 15) is 4.79 Å². The Morgan fingerprint density at radius 1 is 1.33 bits per heavy atom. The van der Waals surface area contributed by atoms with E-state index in [1.165, 1.54) is 19.3 Å². The minimum absolute atomic E-state index is 0.359. The summed E-state index contributed by atoms with van der Waals surface area (Å²) in [5, 5.41) is 3.21. The summed E-state index contributed by atoms with van der Waals surface area (Å²) < 4.78 is 0. The van der Waals surface area contributed by atoms with Gasteiger partial charge in [-0.3, -0.25) is 4.79 Å². The SMILES string of the molecule is CNC(C)CCN1CCCCCCC1=O. The van der Waals surface area contributed by atoms with Crippen LogP contribution in [0.25, 0.3) is 0 Å². The van der Waals surface area contributed by atoms with Crippen LogP contribution in [0.4, 0.5) is 0 Å². The van der Waals surface area contributed by atoms with Crippen molar-refractivity contribution in [1.29, 1.82) is 0 Å². The highest BCUT2D eigenvalue weighted by atomic mass is 16.2. The van der Waals surface area contributed by atoms with E-state index in [1.807, 2.05) is 11.9 Å². The summed E-state index contributed by atoms with van der Waals surface area (Å²) in [6, 6.07) is 0.503. The number of rotatable bonds is 4. The zero-order chi connectivity index (χ0) is 11.1. The molecule has 15 heavy (non-hydrogen) atoms. The van der Waals surface area contributed by atoms with Crippen LogP contribution in [0, 0.1) is 0 Å². The molecule has 3 heteroatoms. The second-order valence-corrected chi connectivity index (χ2v) is 4.52. The third kappa shape index (κ3) is 4.65. The topological polar surface area (TPSA) is 32.3 Å². The molecule has 1 aliphatic heterocycles. The summed E-state index contributed by atoms with van der Waals surface area (Å²) in [5.41, 5.74) is 0. The largest absolute Gasteiger partial charge is 0.343 e. The number of carbonyl (C=O) groups is 1. The Bertz CT molecular complexity index is 194. The van der Waals surface area contributed by atoms with Gasteiger partial charge in [-0.1, -0.05) is 12.8 Å². The zero-order valence-electron chi connectivity index (χ0n) is 10.1. The molecule has 1 N–H and O–H groups in total. The van der Waals surface area contributed by atoms with Crippen LogP contribution in [0.5, 0.6) is 0 Å². The number of amides is 1. The van der Waals surface area contributed by atoms with Crippen LogP contribution >= 0.6 is 0 Å². The highest BCUT2D eigenvalue weighted by Gasteiger charge is 2.15. The van der Waals surface area contributed by atoms with Crippen LogP contribution in [-0.4, -0.2) is 37.0 Å². The van der Waals surface area contributed by atoms with Crippen molar-refractivity contribution in [3.05, 3.63) is 0 Å². The average molecular weight is 212 g/mol. The molecule has 0 aromatic heterocycles. The smallest absolute Gasteiger partial charge is 0.222 e. The van der Waals surface area contributed by atoms with E-state index in [0.717, 1.165) is 32.4 Å². The van der Waals surface area contributed by atoms with Gasteiger partial charge in [0.05, 0.1) is 0 Å². The number of nitrogens with one attached hydrogen (secondary N) is 1. The maximum atomic E-state index is 11.8. The van der Waals surface area contributed by atoms with Crippen molar-refractivity contribution in [2.75, 3.05) is 20.1 Å². The predicted octanol–water partition coefficient (Wildman–Crippen LogP) is 1.78. The van der Waals surface area contributed by atoms with Gasteiger partial charge in [-0.2, -0.15) is 0 Å². The van der Waals surface area contributed by atoms with Crippen molar-refractivity contribution >= 4 is 5.91 Å². The predicted molar refractivity (Wildman–Crippen MR) is 62.8 cm³/mol. The molecule has 1 heterocycles. The van der Waals surface area contributed by atoms with E-state index in [1.54, 1.807) is 0 Å². The van der Waals surface area contributed by atoms with Crippen molar-refractivity contribution in [3.8, 4) is 0 Å². The van der Waals surface area contributed by atoms with Gasteiger partial charge in [0.25, 0.3) is 0 Å². The first-order valence-corrected chi connectivity index (χ1v) is 6.19. The van der Waals surface area contributed by atoms with Gasteiger partial charge in [0.1, 0.15) is 0 Å². The summed E-state index contributed by atoms with van der Waals surface area (Å²) in [6.07, 6.45) is 6.59. The molecule has 0 saturated carbocycles. The van der Waals surface area contributed by atoms with Crippen LogP contribution in [0.2, 0.25) is 0 Å². The molecule has 1 rings (SSSR count). The number of hydrogen-bond donors (Lipinski definition) is 1. The lowest BCUT2D eigenvalue weighted by Gasteiger charge is -2.26. The molecule has 0 aromatic carbocycles. The van der Waals surface area contributed by atoms with Crippen molar-refractivity contribution in [2.24, 2.45) is 0 Å². The van der Waals surface area contributed by atoms with Gasteiger partial charge >= 0.3 is 0 Å². The Hall–Kier alpha value is -0.570. The quantitative estimate of drug-likeness (QED) is 0.770. The first-order valence-electron chi connectivity index (χ1n) is 6.19. The average Bonchev–Trinajstić information content (AvgIpc) is 2.22.